The number of hydrogen-bond acceptors (Lipinski definition) is 3. The van der Waals surface area contributed by atoms with E-state index in [0.717, 1.165) is 11.3 Å². The van der Waals surface area contributed by atoms with Gasteiger partial charge in [-0.1, -0.05) is 39.0 Å². The first-order chi connectivity index (χ1) is 9.90. The lowest BCUT2D eigenvalue weighted by Gasteiger charge is -2.19. The lowest BCUT2D eigenvalue weighted by Crippen LogP contribution is -2.10. The molecule has 0 saturated heterocycles. The molecule has 112 valence electrons. The number of phenols is 1. The van der Waals surface area contributed by atoms with E-state index in [1.54, 1.807) is 19.2 Å². The van der Waals surface area contributed by atoms with Gasteiger partial charge in [-0.3, -0.25) is 0 Å². The van der Waals surface area contributed by atoms with Crippen LogP contribution < -0.4 is 10.1 Å². The Hall–Kier alpha value is -2.16. The van der Waals surface area contributed by atoms with Crippen LogP contribution in [0.5, 0.6) is 11.5 Å². The summed E-state index contributed by atoms with van der Waals surface area (Å²) < 4.78 is 5.04. The highest BCUT2D eigenvalue weighted by Gasteiger charge is 2.12. The van der Waals surface area contributed by atoms with Gasteiger partial charge in [0.25, 0.3) is 0 Å². The normalized spacial score (nSPS) is 11.2. The maximum absolute atomic E-state index is 9.76. The summed E-state index contributed by atoms with van der Waals surface area (Å²) in [4.78, 5) is 0. The van der Waals surface area contributed by atoms with E-state index in [1.807, 2.05) is 6.07 Å². The standard InChI is InChI=1S/C18H23NO2/c1-18(2,3)14-6-8-15(9-7-14)19-12-13-5-10-17(21-4)16(20)11-13/h5-11,19-20H,12H2,1-4H3. The molecule has 0 bridgehead atoms. The van der Waals surface area contributed by atoms with Gasteiger partial charge < -0.3 is 15.2 Å². The van der Waals surface area contributed by atoms with Crippen molar-refractivity contribution in [2.45, 2.75) is 32.7 Å². The minimum Gasteiger partial charge on any atom is -0.504 e. The Labute approximate surface area is 126 Å². The van der Waals surface area contributed by atoms with Gasteiger partial charge in [-0.15, -0.1) is 0 Å². The van der Waals surface area contributed by atoms with Gasteiger partial charge in [0.05, 0.1) is 7.11 Å². The molecule has 0 unspecified atom stereocenters. The molecule has 0 fully saturated rings. The molecule has 2 aromatic carbocycles. The lowest BCUT2D eigenvalue weighted by atomic mass is 9.87. The summed E-state index contributed by atoms with van der Waals surface area (Å²) in [6.07, 6.45) is 0. The van der Waals surface area contributed by atoms with E-state index in [-0.39, 0.29) is 11.2 Å². The van der Waals surface area contributed by atoms with E-state index in [2.05, 4.69) is 50.4 Å². The fourth-order valence-electron chi connectivity index (χ4n) is 2.14. The average Bonchev–Trinajstić information content (AvgIpc) is 2.45. The minimum absolute atomic E-state index is 0.167. The first kappa shape index (κ1) is 15.2. The van der Waals surface area contributed by atoms with Crippen LogP contribution in [-0.2, 0) is 12.0 Å². The second-order valence-corrected chi connectivity index (χ2v) is 6.19. The zero-order valence-corrected chi connectivity index (χ0v) is 13.1. The van der Waals surface area contributed by atoms with E-state index >= 15 is 0 Å². The van der Waals surface area contributed by atoms with Gasteiger partial charge in [0.2, 0.25) is 0 Å². The maximum Gasteiger partial charge on any atom is 0.160 e. The van der Waals surface area contributed by atoms with Gasteiger partial charge in [-0.2, -0.15) is 0 Å². The molecule has 0 saturated carbocycles. The molecule has 21 heavy (non-hydrogen) atoms. The number of methoxy groups -OCH3 is 1. The van der Waals surface area contributed by atoms with Gasteiger partial charge >= 0.3 is 0 Å². The van der Waals surface area contributed by atoms with Crippen LogP contribution in [0.25, 0.3) is 0 Å². The highest BCUT2D eigenvalue weighted by molar-refractivity contribution is 5.47. The van der Waals surface area contributed by atoms with Crippen molar-refractivity contribution >= 4 is 5.69 Å². The van der Waals surface area contributed by atoms with Gasteiger partial charge in [0, 0.05) is 12.2 Å². The first-order valence-corrected chi connectivity index (χ1v) is 7.10. The summed E-state index contributed by atoms with van der Waals surface area (Å²) in [6.45, 7) is 7.27. The number of anilines is 1. The number of hydrogen-bond donors (Lipinski definition) is 2. The molecule has 0 spiro atoms. The largest absolute Gasteiger partial charge is 0.504 e. The van der Waals surface area contributed by atoms with Crippen molar-refractivity contribution in [2.24, 2.45) is 0 Å². The molecule has 0 atom stereocenters. The van der Waals surface area contributed by atoms with Crippen LogP contribution in [0.3, 0.4) is 0 Å². The zero-order chi connectivity index (χ0) is 15.5. The van der Waals surface area contributed by atoms with Crippen LogP contribution >= 0.6 is 0 Å². The summed E-state index contributed by atoms with van der Waals surface area (Å²) in [6, 6.07) is 13.9. The number of rotatable bonds is 4. The number of phenolic OH excluding ortho intramolecular Hbond substituents is 1. The van der Waals surface area contributed by atoms with Gasteiger partial charge in [-0.05, 0) is 40.8 Å². The van der Waals surface area contributed by atoms with E-state index in [0.29, 0.717) is 12.3 Å². The predicted octanol–water partition coefficient (Wildman–Crippen LogP) is 4.31. The molecule has 3 heteroatoms. The molecule has 2 rings (SSSR count). The molecule has 0 aromatic heterocycles. The maximum atomic E-state index is 9.76. The van der Waals surface area contributed by atoms with Crippen molar-refractivity contribution in [1.82, 2.24) is 0 Å². The van der Waals surface area contributed by atoms with Crippen molar-refractivity contribution in [3.63, 3.8) is 0 Å². The molecule has 0 heterocycles. The number of aromatic hydroxyl groups is 1. The first-order valence-electron chi connectivity index (χ1n) is 7.10. The van der Waals surface area contributed by atoms with Crippen LogP contribution in [-0.4, -0.2) is 12.2 Å². The van der Waals surface area contributed by atoms with E-state index in [4.69, 9.17) is 4.74 Å². The van der Waals surface area contributed by atoms with E-state index < -0.39 is 0 Å². The molecular formula is C18H23NO2. The number of nitrogens with one attached hydrogen (secondary N) is 1. The monoisotopic (exact) mass is 285 g/mol. The highest BCUT2D eigenvalue weighted by Crippen LogP contribution is 2.27. The van der Waals surface area contributed by atoms with Crippen LogP contribution in [0.1, 0.15) is 31.9 Å². The zero-order valence-electron chi connectivity index (χ0n) is 13.1. The summed E-state index contributed by atoms with van der Waals surface area (Å²) in [7, 11) is 1.55. The summed E-state index contributed by atoms with van der Waals surface area (Å²) >= 11 is 0. The molecule has 3 nitrogen and oxygen atoms in total. The van der Waals surface area contributed by atoms with E-state index in [9.17, 15) is 5.11 Å². The van der Waals surface area contributed by atoms with Gasteiger partial charge in [-0.25, -0.2) is 0 Å². The Kier molecular flexibility index (Phi) is 4.41. The molecule has 0 aliphatic heterocycles. The molecule has 0 radical (unpaired) electrons. The van der Waals surface area contributed by atoms with Crippen molar-refractivity contribution in [3.05, 3.63) is 53.6 Å². The molecular weight excluding hydrogens is 262 g/mol. The second kappa shape index (κ2) is 6.08. The summed E-state index contributed by atoms with van der Waals surface area (Å²) in [5.74, 6) is 0.660. The number of benzene rings is 2. The van der Waals surface area contributed by atoms with Crippen molar-refractivity contribution < 1.29 is 9.84 Å². The van der Waals surface area contributed by atoms with Crippen molar-refractivity contribution in [1.29, 1.82) is 0 Å². The van der Waals surface area contributed by atoms with Crippen LogP contribution in [0.15, 0.2) is 42.5 Å². The highest BCUT2D eigenvalue weighted by atomic mass is 16.5. The SMILES string of the molecule is COc1ccc(CNc2ccc(C(C)(C)C)cc2)cc1O. The Morgan fingerprint density at radius 2 is 1.71 bits per heavy atom. The molecule has 2 N–H and O–H groups in total. The Morgan fingerprint density at radius 1 is 1.05 bits per heavy atom. The van der Waals surface area contributed by atoms with Crippen LogP contribution in [0.2, 0.25) is 0 Å². The fraction of sp³-hybridized carbons (Fsp3) is 0.333. The minimum atomic E-state index is 0.167. The molecule has 0 amide bonds. The fourth-order valence-corrected chi connectivity index (χ4v) is 2.14. The summed E-state index contributed by atoms with van der Waals surface area (Å²) in [5, 5.41) is 13.1. The quantitative estimate of drug-likeness (QED) is 0.879. The molecule has 0 aliphatic carbocycles. The van der Waals surface area contributed by atoms with Gasteiger partial charge in [0.1, 0.15) is 0 Å². The third kappa shape index (κ3) is 3.91. The summed E-state index contributed by atoms with van der Waals surface area (Å²) in [5.41, 5.74) is 3.56. The van der Waals surface area contributed by atoms with Crippen molar-refractivity contribution in [2.75, 3.05) is 12.4 Å². The Morgan fingerprint density at radius 3 is 2.24 bits per heavy atom. The molecule has 2 aromatic rings. The average molecular weight is 285 g/mol. The third-order valence-corrected chi connectivity index (χ3v) is 3.49. The Balaban J connectivity index is 2.01. The third-order valence-electron chi connectivity index (χ3n) is 3.49. The molecule has 0 aliphatic rings. The van der Waals surface area contributed by atoms with Crippen LogP contribution in [0, 0.1) is 0 Å². The van der Waals surface area contributed by atoms with Crippen LogP contribution in [0.4, 0.5) is 5.69 Å². The topological polar surface area (TPSA) is 41.5 Å². The van der Waals surface area contributed by atoms with E-state index in [1.165, 1.54) is 5.56 Å². The van der Waals surface area contributed by atoms with Crippen molar-refractivity contribution in [3.8, 4) is 11.5 Å². The lowest BCUT2D eigenvalue weighted by molar-refractivity contribution is 0.373. The Bertz CT molecular complexity index is 598. The van der Waals surface area contributed by atoms with Gasteiger partial charge in [0.15, 0.2) is 11.5 Å². The predicted molar refractivity (Wildman–Crippen MR) is 87.1 cm³/mol. The number of ether oxygens (including phenoxy) is 1. The second-order valence-electron chi connectivity index (χ2n) is 6.19. The smallest absolute Gasteiger partial charge is 0.160 e.